The molecule has 0 saturated carbocycles. The lowest BCUT2D eigenvalue weighted by Gasteiger charge is -2.29. The van der Waals surface area contributed by atoms with Crippen LogP contribution in [0.4, 0.5) is 0 Å². The third-order valence-corrected chi connectivity index (χ3v) is 7.93. The Hall–Kier alpha value is -0.730. The van der Waals surface area contributed by atoms with Gasteiger partial charge in [-0.25, -0.2) is 0 Å². The van der Waals surface area contributed by atoms with Crippen LogP contribution in [-0.4, -0.2) is 57.7 Å². The summed E-state index contributed by atoms with van der Waals surface area (Å²) in [5, 5.41) is 42.3. The maximum Gasteiger partial charge on any atom is 0.255 e. The van der Waals surface area contributed by atoms with Crippen LogP contribution >= 0.6 is 0 Å². The van der Waals surface area contributed by atoms with Gasteiger partial charge in [0.2, 0.25) is 5.91 Å². The monoisotopic (exact) mass is 573 g/mol. The molecule has 0 aliphatic carbocycles. The number of nitrogens with one attached hydrogen (secondary N) is 1. The zero-order chi connectivity index (χ0) is 29.7. The second-order valence-corrected chi connectivity index (χ2v) is 11.8. The van der Waals surface area contributed by atoms with Crippen LogP contribution in [0.5, 0.6) is 0 Å². The van der Waals surface area contributed by atoms with E-state index in [0.717, 1.165) is 57.8 Å². The first-order valence-corrected chi connectivity index (χ1v) is 17.1. The molecule has 1 amide bonds. The molecular weight excluding hydrogens is 506 g/mol. The molecule has 240 valence electrons. The first kappa shape index (κ1) is 39.3. The second-order valence-electron chi connectivity index (χ2n) is 11.8. The maximum absolute atomic E-state index is 12.4. The van der Waals surface area contributed by atoms with Crippen LogP contribution in [0.25, 0.3) is 0 Å². The van der Waals surface area contributed by atoms with Gasteiger partial charge in [-0.15, -0.1) is 0 Å². The Labute approximate surface area is 246 Å². The van der Waals surface area contributed by atoms with Crippen molar-refractivity contribution in [1.29, 1.82) is 0 Å². The van der Waals surface area contributed by atoms with Crippen molar-refractivity contribution in [1.82, 2.24) is 5.32 Å². The quantitative estimate of drug-likeness (QED) is 0.0439. The lowest BCUT2D eigenvalue weighted by atomic mass is 10.0. The highest BCUT2D eigenvalue weighted by molar-refractivity contribution is 5.81. The van der Waals surface area contributed by atoms with Gasteiger partial charge in [0.1, 0.15) is 0 Å². The van der Waals surface area contributed by atoms with Gasteiger partial charge in [-0.3, -0.25) is 4.79 Å². The van der Waals surface area contributed by atoms with Gasteiger partial charge in [0.05, 0.1) is 12.7 Å². The minimum Gasteiger partial charge on any atom is -0.396 e. The van der Waals surface area contributed by atoms with Crippen molar-refractivity contribution >= 4 is 5.91 Å². The molecule has 40 heavy (non-hydrogen) atoms. The van der Waals surface area contributed by atoms with Gasteiger partial charge in [-0.2, -0.15) is 0 Å². The van der Waals surface area contributed by atoms with Gasteiger partial charge in [-0.05, 0) is 19.3 Å². The molecule has 7 heteroatoms. The van der Waals surface area contributed by atoms with Gasteiger partial charge in [0.25, 0.3) is 5.91 Å². The largest absolute Gasteiger partial charge is 0.396 e. The van der Waals surface area contributed by atoms with Crippen LogP contribution in [0.2, 0.25) is 0 Å². The van der Waals surface area contributed by atoms with Crippen LogP contribution < -0.4 is 5.32 Å². The number of carbonyl (C=O) groups excluding carboxylic acids is 1. The molecule has 3 atom stereocenters. The van der Waals surface area contributed by atoms with Gasteiger partial charge >= 0.3 is 0 Å². The molecule has 0 aliphatic rings. The molecule has 7 nitrogen and oxygen atoms in total. The molecule has 0 heterocycles. The van der Waals surface area contributed by atoms with E-state index >= 15 is 0 Å². The number of hydrogen-bond donors (Lipinski definition) is 5. The van der Waals surface area contributed by atoms with Crippen LogP contribution in [-0.2, 0) is 9.53 Å². The lowest BCUT2D eigenvalue weighted by molar-refractivity contribution is -0.228. The average Bonchev–Trinajstić information content (AvgIpc) is 2.95. The second kappa shape index (κ2) is 28.4. The molecule has 0 rings (SSSR count). The minimum absolute atomic E-state index is 0.155. The normalized spacial score (nSPS) is 14.7. The summed E-state index contributed by atoms with van der Waals surface area (Å²) in [6.07, 6.45) is 24.8. The van der Waals surface area contributed by atoms with Crippen molar-refractivity contribution in [3.8, 4) is 0 Å². The van der Waals surface area contributed by atoms with Gasteiger partial charge < -0.3 is 30.5 Å². The number of amides is 1. The molecule has 0 bridgehead atoms. The summed E-state index contributed by atoms with van der Waals surface area (Å²) in [5.41, 5.74) is 0. The SMILES string of the molecule is CCCCCCCCCCCCCCOC(O)(CC)NC(=O)C(O)C(O)CCCCCCCCCCCCCO. The van der Waals surface area contributed by atoms with E-state index in [1.54, 1.807) is 6.92 Å². The van der Waals surface area contributed by atoms with Crippen molar-refractivity contribution < 1.29 is 30.0 Å². The molecule has 0 aromatic heterocycles. The summed E-state index contributed by atoms with van der Waals surface area (Å²) in [5.74, 6) is -2.63. The van der Waals surface area contributed by atoms with Gasteiger partial charge in [0.15, 0.2) is 6.10 Å². The summed E-state index contributed by atoms with van der Waals surface area (Å²) in [7, 11) is 0. The van der Waals surface area contributed by atoms with Crippen molar-refractivity contribution in [2.75, 3.05) is 13.2 Å². The van der Waals surface area contributed by atoms with Crippen LogP contribution in [0, 0.1) is 0 Å². The maximum atomic E-state index is 12.4. The average molecular weight is 574 g/mol. The first-order valence-electron chi connectivity index (χ1n) is 17.1. The molecule has 0 radical (unpaired) electrons. The Morgan fingerprint density at radius 2 is 1.05 bits per heavy atom. The molecule has 0 saturated heterocycles. The van der Waals surface area contributed by atoms with E-state index in [2.05, 4.69) is 12.2 Å². The zero-order valence-corrected chi connectivity index (χ0v) is 26.4. The van der Waals surface area contributed by atoms with E-state index in [9.17, 15) is 20.1 Å². The summed E-state index contributed by atoms with van der Waals surface area (Å²) >= 11 is 0. The molecule has 0 aromatic rings. The number of ether oxygens (including phenoxy) is 1. The van der Waals surface area contributed by atoms with Crippen LogP contribution in [0.15, 0.2) is 0 Å². The van der Waals surface area contributed by atoms with E-state index < -0.39 is 24.0 Å². The van der Waals surface area contributed by atoms with Gasteiger partial charge in [0, 0.05) is 13.0 Å². The van der Waals surface area contributed by atoms with E-state index in [4.69, 9.17) is 9.84 Å². The predicted molar refractivity (Wildman–Crippen MR) is 165 cm³/mol. The van der Waals surface area contributed by atoms with Crippen molar-refractivity contribution in [2.45, 2.75) is 192 Å². The number of aliphatic hydroxyl groups is 4. The van der Waals surface area contributed by atoms with Crippen molar-refractivity contribution in [3.05, 3.63) is 0 Å². The summed E-state index contributed by atoms with van der Waals surface area (Å²) in [6.45, 7) is 4.59. The third-order valence-electron chi connectivity index (χ3n) is 7.93. The zero-order valence-electron chi connectivity index (χ0n) is 26.4. The smallest absolute Gasteiger partial charge is 0.255 e. The van der Waals surface area contributed by atoms with Gasteiger partial charge in [-0.1, -0.05) is 149 Å². The van der Waals surface area contributed by atoms with E-state index in [-0.39, 0.29) is 6.42 Å². The Balaban J connectivity index is 3.84. The number of unbranched alkanes of at least 4 members (excludes halogenated alkanes) is 21. The first-order chi connectivity index (χ1) is 19.4. The fourth-order valence-corrected chi connectivity index (χ4v) is 5.07. The van der Waals surface area contributed by atoms with Crippen LogP contribution in [0.1, 0.15) is 174 Å². The van der Waals surface area contributed by atoms with E-state index in [1.807, 2.05) is 0 Å². The summed E-state index contributed by atoms with van der Waals surface area (Å²) < 4.78 is 5.57. The summed E-state index contributed by atoms with van der Waals surface area (Å²) in [4.78, 5) is 12.4. The third kappa shape index (κ3) is 23.9. The molecule has 0 aromatic carbocycles. The summed E-state index contributed by atoms with van der Waals surface area (Å²) in [6, 6.07) is 0. The van der Waals surface area contributed by atoms with Crippen molar-refractivity contribution in [3.63, 3.8) is 0 Å². The highest BCUT2D eigenvalue weighted by atomic mass is 16.6. The molecule has 0 aliphatic heterocycles. The number of aliphatic hydroxyl groups excluding tert-OH is 3. The van der Waals surface area contributed by atoms with Crippen LogP contribution in [0.3, 0.4) is 0 Å². The molecule has 5 N–H and O–H groups in total. The standard InChI is InChI=1S/C33H67NO6/c1-3-5-6-7-8-9-10-14-17-20-23-26-29-40-33(39,4-2)34-32(38)31(37)30(36)27-24-21-18-15-12-11-13-16-19-22-25-28-35/h30-31,35-37,39H,3-29H2,1-2H3,(H,34,38). The molecular formula is C33H67NO6. The fraction of sp³-hybridized carbons (Fsp3) is 0.970. The lowest BCUT2D eigenvalue weighted by Crippen LogP contribution is -2.55. The Kier molecular flexibility index (Phi) is 27.9. The molecule has 3 unspecified atom stereocenters. The Bertz CT molecular complexity index is 549. The fourth-order valence-electron chi connectivity index (χ4n) is 5.07. The number of rotatable bonds is 31. The van der Waals surface area contributed by atoms with E-state index in [0.29, 0.717) is 19.6 Å². The Morgan fingerprint density at radius 3 is 1.48 bits per heavy atom. The number of carbonyl (C=O) groups is 1. The topological polar surface area (TPSA) is 119 Å². The molecule has 0 fully saturated rings. The predicted octanol–water partition coefficient (Wildman–Crippen LogP) is 7.27. The highest BCUT2D eigenvalue weighted by Crippen LogP contribution is 2.16. The number of hydrogen-bond acceptors (Lipinski definition) is 6. The van der Waals surface area contributed by atoms with Crippen molar-refractivity contribution in [2.24, 2.45) is 0 Å². The minimum atomic E-state index is -1.83. The Morgan fingerprint density at radius 1 is 0.650 bits per heavy atom. The highest BCUT2D eigenvalue weighted by Gasteiger charge is 2.33. The molecule has 0 spiro atoms. The van der Waals surface area contributed by atoms with E-state index in [1.165, 1.54) is 89.9 Å².